The average Bonchev–Trinajstić information content (AvgIpc) is 2.68. The molecule has 0 unspecified atom stereocenters. The molecular weight excluding hydrogens is 198 g/mol. The van der Waals surface area contributed by atoms with Gasteiger partial charge in [-0.15, -0.1) is 0 Å². The Labute approximate surface area is 96.1 Å². The zero-order valence-corrected chi connectivity index (χ0v) is 9.77. The van der Waals surface area contributed by atoms with Crippen molar-refractivity contribution >= 4 is 5.69 Å². The van der Waals surface area contributed by atoms with Crippen LogP contribution in [-0.4, -0.2) is 16.3 Å². The van der Waals surface area contributed by atoms with Gasteiger partial charge in [-0.2, -0.15) is 5.10 Å². The van der Waals surface area contributed by atoms with Gasteiger partial charge in [-0.25, -0.2) is 0 Å². The third-order valence-corrected chi connectivity index (χ3v) is 2.63. The maximum absolute atomic E-state index is 4.24. The van der Waals surface area contributed by atoms with Crippen molar-refractivity contribution < 1.29 is 0 Å². The van der Waals surface area contributed by atoms with Crippen LogP contribution in [0, 0.1) is 13.8 Å². The Balaban J connectivity index is 1.84. The predicted molar refractivity (Wildman–Crippen MR) is 66.6 cm³/mol. The number of rotatable bonds is 4. The van der Waals surface area contributed by atoms with E-state index in [-0.39, 0.29) is 0 Å². The molecule has 0 atom stereocenters. The molecule has 2 aromatic rings. The molecule has 0 fully saturated rings. The molecule has 84 valence electrons. The summed E-state index contributed by atoms with van der Waals surface area (Å²) in [5, 5.41) is 7.61. The van der Waals surface area contributed by atoms with Crippen LogP contribution in [0.4, 0.5) is 5.69 Å². The van der Waals surface area contributed by atoms with Crippen molar-refractivity contribution in [3.05, 3.63) is 47.8 Å². The number of anilines is 1. The van der Waals surface area contributed by atoms with Crippen molar-refractivity contribution in [2.45, 2.75) is 20.4 Å². The average molecular weight is 215 g/mol. The fourth-order valence-corrected chi connectivity index (χ4v) is 1.61. The first kappa shape index (κ1) is 10.7. The van der Waals surface area contributed by atoms with E-state index in [1.165, 1.54) is 11.3 Å². The zero-order chi connectivity index (χ0) is 11.4. The molecule has 1 heterocycles. The molecule has 0 aliphatic heterocycles. The Morgan fingerprint density at radius 3 is 2.50 bits per heavy atom. The lowest BCUT2D eigenvalue weighted by Crippen LogP contribution is -2.12. The van der Waals surface area contributed by atoms with Gasteiger partial charge in [0.15, 0.2) is 0 Å². The van der Waals surface area contributed by atoms with Gasteiger partial charge in [-0.1, -0.05) is 17.7 Å². The van der Waals surface area contributed by atoms with E-state index >= 15 is 0 Å². The normalized spacial score (nSPS) is 10.4. The first-order valence-corrected chi connectivity index (χ1v) is 5.54. The van der Waals surface area contributed by atoms with Gasteiger partial charge in [-0.3, -0.25) is 4.68 Å². The minimum atomic E-state index is 0.894. The van der Waals surface area contributed by atoms with Crippen molar-refractivity contribution in [1.29, 1.82) is 0 Å². The zero-order valence-electron chi connectivity index (χ0n) is 9.77. The summed E-state index contributed by atoms with van der Waals surface area (Å²) in [7, 11) is 0. The second-order valence-corrected chi connectivity index (χ2v) is 3.99. The van der Waals surface area contributed by atoms with Crippen molar-refractivity contribution in [2.75, 3.05) is 11.9 Å². The predicted octanol–water partition coefficient (Wildman–Crippen LogP) is 2.61. The van der Waals surface area contributed by atoms with Crippen LogP contribution in [0.2, 0.25) is 0 Å². The summed E-state index contributed by atoms with van der Waals surface area (Å²) < 4.78 is 2.00. The fraction of sp³-hybridized carbons (Fsp3) is 0.308. The lowest BCUT2D eigenvalue weighted by molar-refractivity contribution is 0.620. The topological polar surface area (TPSA) is 29.9 Å². The van der Waals surface area contributed by atoms with Crippen LogP contribution in [0.1, 0.15) is 11.3 Å². The monoisotopic (exact) mass is 215 g/mol. The molecule has 1 aromatic carbocycles. The summed E-state index contributed by atoms with van der Waals surface area (Å²) in [6, 6.07) is 10.4. The second kappa shape index (κ2) is 4.84. The van der Waals surface area contributed by atoms with Crippen LogP contribution in [0.25, 0.3) is 0 Å². The number of benzene rings is 1. The Hall–Kier alpha value is -1.77. The van der Waals surface area contributed by atoms with E-state index in [1.54, 1.807) is 0 Å². The van der Waals surface area contributed by atoms with Gasteiger partial charge in [-0.05, 0) is 32.0 Å². The molecule has 0 bridgehead atoms. The maximum Gasteiger partial charge on any atom is 0.0585 e. The Kier molecular flexibility index (Phi) is 3.25. The molecule has 0 saturated carbocycles. The molecule has 0 aliphatic carbocycles. The summed E-state index contributed by atoms with van der Waals surface area (Å²) >= 11 is 0. The molecule has 0 amide bonds. The van der Waals surface area contributed by atoms with E-state index in [2.05, 4.69) is 48.5 Å². The highest BCUT2D eigenvalue weighted by Crippen LogP contribution is 2.08. The van der Waals surface area contributed by atoms with Crippen LogP contribution in [0.5, 0.6) is 0 Å². The molecule has 16 heavy (non-hydrogen) atoms. The Bertz CT molecular complexity index is 442. The minimum Gasteiger partial charge on any atom is -0.383 e. The smallest absolute Gasteiger partial charge is 0.0585 e. The first-order chi connectivity index (χ1) is 7.75. The van der Waals surface area contributed by atoms with Crippen LogP contribution in [0.15, 0.2) is 36.5 Å². The van der Waals surface area contributed by atoms with E-state index in [9.17, 15) is 0 Å². The lowest BCUT2D eigenvalue weighted by Gasteiger charge is -2.08. The minimum absolute atomic E-state index is 0.894. The molecule has 0 radical (unpaired) electrons. The van der Waals surface area contributed by atoms with Crippen molar-refractivity contribution in [3.8, 4) is 0 Å². The highest BCUT2D eigenvalue weighted by molar-refractivity contribution is 5.44. The molecule has 0 spiro atoms. The summed E-state index contributed by atoms with van der Waals surface area (Å²) in [5.74, 6) is 0. The van der Waals surface area contributed by atoms with Crippen LogP contribution in [0.3, 0.4) is 0 Å². The Morgan fingerprint density at radius 1 is 1.12 bits per heavy atom. The van der Waals surface area contributed by atoms with E-state index in [0.29, 0.717) is 0 Å². The number of hydrogen-bond donors (Lipinski definition) is 1. The van der Waals surface area contributed by atoms with Crippen molar-refractivity contribution in [3.63, 3.8) is 0 Å². The van der Waals surface area contributed by atoms with Crippen LogP contribution < -0.4 is 5.32 Å². The molecule has 2 rings (SSSR count). The number of hydrogen-bond acceptors (Lipinski definition) is 2. The lowest BCUT2D eigenvalue weighted by atomic mass is 10.2. The largest absolute Gasteiger partial charge is 0.383 e. The SMILES string of the molecule is Cc1ccc(NCCn2nccc2C)cc1. The third kappa shape index (κ3) is 2.63. The van der Waals surface area contributed by atoms with E-state index in [1.807, 2.05) is 16.9 Å². The maximum atomic E-state index is 4.24. The molecule has 3 nitrogen and oxygen atoms in total. The van der Waals surface area contributed by atoms with Crippen molar-refractivity contribution in [2.24, 2.45) is 0 Å². The van der Waals surface area contributed by atoms with Gasteiger partial charge in [0, 0.05) is 24.1 Å². The molecule has 0 aliphatic rings. The number of nitrogens with one attached hydrogen (secondary N) is 1. The molecule has 1 aromatic heterocycles. The van der Waals surface area contributed by atoms with Crippen LogP contribution >= 0.6 is 0 Å². The van der Waals surface area contributed by atoms with E-state index < -0.39 is 0 Å². The van der Waals surface area contributed by atoms with Crippen LogP contribution in [-0.2, 0) is 6.54 Å². The van der Waals surface area contributed by atoms with Gasteiger partial charge in [0.05, 0.1) is 6.54 Å². The summed E-state index contributed by atoms with van der Waals surface area (Å²) in [6.45, 7) is 5.95. The molecular formula is C13H17N3. The molecule has 3 heteroatoms. The highest BCUT2D eigenvalue weighted by Gasteiger charge is 1.96. The standard InChI is InChI=1S/C13H17N3/c1-11-3-5-13(6-4-11)14-9-10-16-12(2)7-8-15-16/h3-8,14H,9-10H2,1-2H3. The third-order valence-electron chi connectivity index (χ3n) is 2.63. The van der Waals surface area contributed by atoms with Gasteiger partial charge in [0.1, 0.15) is 0 Å². The summed E-state index contributed by atoms with van der Waals surface area (Å²) in [4.78, 5) is 0. The first-order valence-electron chi connectivity index (χ1n) is 5.54. The van der Waals surface area contributed by atoms with Gasteiger partial charge in [0.2, 0.25) is 0 Å². The highest BCUT2D eigenvalue weighted by atomic mass is 15.3. The number of aromatic nitrogens is 2. The second-order valence-electron chi connectivity index (χ2n) is 3.99. The fourth-order valence-electron chi connectivity index (χ4n) is 1.61. The summed E-state index contributed by atoms with van der Waals surface area (Å²) in [6.07, 6.45) is 1.83. The Morgan fingerprint density at radius 2 is 1.88 bits per heavy atom. The van der Waals surface area contributed by atoms with Crippen molar-refractivity contribution in [1.82, 2.24) is 9.78 Å². The van der Waals surface area contributed by atoms with E-state index in [4.69, 9.17) is 0 Å². The molecule has 0 saturated heterocycles. The number of nitrogens with zero attached hydrogens (tertiary/aromatic N) is 2. The number of aryl methyl sites for hydroxylation is 2. The van der Waals surface area contributed by atoms with Gasteiger partial charge in [0.25, 0.3) is 0 Å². The van der Waals surface area contributed by atoms with Gasteiger partial charge >= 0.3 is 0 Å². The van der Waals surface area contributed by atoms with E-state index in [0.717, 1.165) is 18.8 Å². The summed E-state index contributed by atoms with van der Waals surface area (Å²) in [5.41, 5.74) is 3.65. The molecule has 1 N–H and O–H groups in total. The quantitative estimate of drug-likeness (QED) is 0.849. The van der Waals surface area contributed by atoms with Gasteiger partial charge < -0.3 is 5.32 Å².